The smallest absolute Gasteiger partial charge is 0.255 e. The number of morpholine rings is 1. The van der Waals surface area contributed by atoms with E-state index >= 15 is 0 Å². The first kappa shape index (κ1) is 21.4. The number of carbonyl (C=O) groups is 1. The highest BCUT2D eigenvalue weighted by atomic mass is 32.1. The first-order valence-electron chi connectivity index (χ1n) is 10.8. The van der Waals surface area contributed by atoms with Crippen LogP contribution in [-0.4, -0.2) is 42.4 Å². The highest BCUT2D eigenvalue weighted by Gasteiger charge is 2.16. The Morgan fingerprint density at radius 1 is 1.18 bits per heavy atom. The van der Waals surface area contributed by atoms with Gasteiger partial charge in [0.25, 0.3) is 5.91 Å². The summed E-state index contributed by atoms with van der Waals surface area (Å²) in [4.78, 5) is 19.8. The van der Waals surface area contributed by atoms with Gasteiger partial charge in [-0.2, -0.15) is 0 Å². The van der Waals surface area contributed by atoms with Gasteiger partial charge in [0, 0.05) is 24.3 Å². The third-order valence-corrected chi connectivity index (χ3v) is 6.66. The second-order valence-electron chi connectivity index (χ2n) is 7.85. The van der Waals surface area contributed by atoms with E-state index in [2.05, 4.69) is 15.4 Å². The molecule has 1 N–H and O–H groups in total. The van der Waals surface area contributed by atoms with Crippen molar-refractivity contribution >= 4 is 38.3 Å². The zero-order valence-corrected chi connectivity index (χ0v) is 19.3. The van der Waals surface area contributed by atoms with Gasteiger partial charge in [-0.1, -0.05) is 22.6 Å². The lowest BCUT2D eigenvalue weighted by atomic mass is 10.2. The number of hydrogen-bond donors (Lipinski definition) is 1. The zero-order valence-electron chi connectivity index (χ0n) is 18.5. The average Bonchev–Trinajstić information content (AvgIpc) is 3.41. The van der Waals surface area contributed by atoms with E-state index in [4.69, 9.17) is 19.0 Å². The first-order chi connectivity index (χ1) is 16.1. The van der Waals surface area contributed by atoms with E-state index in [1.807, 2.05) is 38.1 Å². The Morgan fingerprint density at radius 3 is 2.82 bits per heavy atom. The normalized spacial score (nSPS) is 13.9. The van der Waals surface area contributed by atoms with Crippen molar-refractivity contribution in [2.24, 2.45) is 0 Å². The van der Waals surface area contributed by atoms with Gasteiger partial charge in [0.15, 0.2) is 5.13 Å². The minimum atomic E-state index is -0.199. The molecule has 9 heteroatoms. The van der Waals surface area contributed by atoms with Gasteiger partial charge >= 0.3 is 0 Å². The maximum absolute atomic E-state index is 12.9. The largest absolute Gasteiger partial charge is 0.489 e. The van der Waals surface area contributed by atoms with Crippen molar-refractivity contribution < 1.29 is 18.8 Å². The van der Waals surface area contributed by atoms with Gasteiger partial charge in [-0.15, -0.1) is 0 Å². The molecule has 0 saturated carbocycles. The summed E-state index contributed by atoms with van der Waals surface area (Å²) in [5.74, 6) is 1.14. The molecule has 0 radical (unpaired) electrons. The number of nitrogens with zero attached hydrogens (tertiary/aromatic N) is 3. The number of amides is 1. The molecule has 4 aromatic rings. The van der Waals surface area contributed by atoms with Crippen LogP contribution >= 0.6 is 11.3 Å². The molecule has 1 amide bonds. The molecule has 0 unspecified atom stereocenters. The molecular weight excluding hydrogens is 440 g/mol. The Balaban J connectivity index is 1.27. The van der Waals surface area contributed by atoms with Crippen LogP contribution in [0, 0.1) is 13.8 Å². The minimum Gasteiger partial charge on any atom is -0.489 e. The SMILES string of the molecule is Cc1noc(C)c1COc1cccc(C(=O)Nc2ccc3nc(N4CCOCC4)sc3c2)c1. The molecule has 1 aliphatic heterocycles. The van der Waals surface area contributed by atoms with Crippen LogP contribution in [0.4, 0.5) is 10.8 Å². The molecule has 1 fully saturated rings. The van der Waals surface area contributed by atoms with Crippen LogP contribution in [0.5, 0.6) is 5.75 Å². The van der Waals surface area contributed by atoms with Gasteiger partial charge in [0.1, 0.15) is 18.1 Å². The highest BCUT2D eigenvalue weighted by Crippen LogP contribution is 2.31. The second-order valence-corrected chi connectivity index (χ2v) is 8.86. The second kappa shape index (κ2) is 9.21. The van der Waals surface area contributed by atoms with E-state index < -0.39 is 0 Å². The van der Waals surface area contributed by atoms with Crippen molar-refractivity contribution in [3.05, 3.63) is 65.0 Å². The average molecular weight is 465 g/mol. The minimum absolute atomic E-state index is 0.199. The number of hydrogen-bond acceptors (Lipinski definition) is 8. The molecule has 5 rings (SSSR count). The van der Waals surface area contributed by atoms with Crippen LogP contribution < -0.4 is 15.0 Å². The van der Waals surface area contributed by atoms with E-state index in [1.165, 1.54) is 0 Å². The summed E-state index contributed by atoms with van der Waals surface area (Å²) in [5, 5.41) is 7.91. The molecule has 0 spiro atoms. The Hall–Kier alpha value is -3.43. The molecule has 0 atom stereocenters. The van der Waals surface area contributed by atoms with Crippen LogP contribution in [0.1, 0.15) is 27.4 Å². The molecule has 2 aromatic heterocycles. The number of thiazole rings is 1. The summed E-state index contributed by atoms with van der Waals surface area (Å²) in [5.41, 5.74) is 3.89. The molecule has 33 heavy (non-hydrogen) atoms. The lowest BCUT2D eigenvalue weighted by Gasteiger charge is -2.25. The van der Waals surface area contributed by atoms with Crippen molar-refractivity contribution in [3.63, 3.8) is 0 Å². The topological polar surface area (TPSA) is 89.7 Å². The van der Waals surface area contributed by atoms with Crippen LogP contribution in [-0.2, 0) is 11.3 Å². The molecule has 3 heterocycles. The van der Waals surface area contributed by atoms with Crippen LogP contribution in [0.15, 0.2) is 47.0 Å². The molecule has 1 aliphatic rings. The quantitative estimate of drug-likeness (QED) is 0.447. The predicted molar refractivity (Wildman–Crippen MR) is 127 cm³/mol. The summed E-state index contributed by atoms with van der Waals surface area (Å²) < 4.78 is 17.5. The van der Waals surface area contributed by atoms with Crippen molar-refractivity contribution in [3.8, 4) is 5.75 Å². The predicted octanol–water partition coefficient (Wildman–Crippen LogP) is 4.57. The Labute approximate surface area is 195 Å². The number of anilines is 2. The molecule has 2 aromatic carbocycles. The molecule has 0 bridgehead atoms. The van der Waals surface area contributed by atoms with Gasteiger partial charge in [-0.05, 0) is 50.2 Å². The third-order valence-electron chi connectivity index (χ3n) is 5.58. The number of rotatable bonds is 6. The number of aromatic nitrogens is 2. The van der Waals surface area contributed by atoms with E-state index in [0.29, 0.717) is 17.9 Å². The Kier molecular flexibility index (Phi) is 5.97. The van der Waals surface area contributed by atoms with Gasteiger partial charge in [-0.3, -0.25) is 4.79 Å². The molecule has 0 aliphatic carbocycles. The first-order valence-corrected chi connectivity index (χ1v) is 11.6. The lowest BCUT2D eigenvalue weighted by molar-refractivity contribution is 0.102. The van der Waals surface area contributed by atoms with Crippen LogP contribution in [0.3, 0.4) is 0 Å². The number of ether oxygens (including phenoxy) is 2. The molecule has 1 saturated heterocycles. The summed E-state index contributed by atoms with van der Waals surface area (Å²) >= 11 is 1.63. The van der Waals surface area contributed by atoms with Crippen molar-refractivity contribution in [1.29, 1.82) is 0 Å². The standard InChI is InChI=1S/C24H24N4O4S/c1-15-20(16(2)32-27-15)14-31-19-5-3-4-17(12-19)23(29)25-18-6-7-21-22(13-18)33-24(26-21)28-8-10-30-11-9-28/h3-7,12-13H,8-11,14H2,1-2H3,(H,25,29). The van der Waals surface area contributed by atoms with Gasteiger partial charge in [-0.25, -0.2) is 4.98 Å². The third kappa shape index (κ3) is 4.69. The lowest BCUT2D eigenvalue weighted by Crippen LogP contribution is -2.36. The van der Waals surface area contributed by atoms with Gasteiger partial charge in [0.2, 0.25) is 0 Å². The van der Waals surface area contributed by atoms with Crippen LogP contribution in [0.25, 0.3) is 10.2 Å². The van der Waals surface area contributed by atoms with E-state index in [0.717, 1.165) is 64.4 Å². The zero-order chi connectivity index (χ0) is 22.8. The monoisotopic (exact) mass is 464 g/mol. The number of carbonyl (C=O) groups excluding carboxylic acids is 1. The van der Waals surface area contributed by atoms with E-state index in [1.54, 1.807) is 29.5 Å². The summed E-state index contributed by atoms with van der Waals surface area (Å²) in [6.07, 6.45) is 0. The van der Waals surface area contributed by atoms with Crippen LogP contribution in [0.2, 0.25) is 0 Å². The highest BCUT2D eigenvalue weighted by molar-refractivity contribution is 7.22. The Bertz CT molecular complexity index is 1270. The number of nitrogens with one attached hydrogen (secondary N) is 1. The fourth-order valence-corrected chi connectivity index (χ4v) is 4.73. The summed E-state index contributed by atoms with van der Waals surface area (Å²) in [7, 11) is 0. The maximum atomic E-state index is 12.9. The number of fused-ring (bicyclic) bond motifs is 1. The Morgan fingerprint density at radius 2 is 2.03 bits per heavy atom. The summed E-state index contributed by atoms with van der Waals surface area (Å²) in [6, 6.07) is 12.9. The number of benzene rings is 2. The molecule has 170 valence electrons. The fraction of sp³-hybridized carbons (Fsp3) is 0.292. The van der Waals surface area contributed by atoms with E-state index in [9.17, 15) is 4.79 Å². The van der Waals surface area contributed by atoms with Crippen molar-refractivity contribution in [2.45, 2.75) is 20.5 Å². The van der Waals surface area contributed by atoms with Crippen molar-refractivity contribution in [1.82, 2.24) is 10.1 Å². The van der Waals surface area contributed by atoms with Gasteiger partial charge in [0.05, 0.1) is 34.7 Å². The molecular formula is C24H24N4O4S. The maximum Gasteiger partial charge on any atom is 0.255 e. The summed E-state index contributed by atoms with van der Waals surface area (Å²) in [6.45, 7) is 7.20. The van der Waals surface area contributed by atoms with E-state index in [-0.39, 0.29) is 5.91 Å². The van der Waals surface area contributed by atoms with Crippen molar-refractivity contribution in [2.75, 3.05) is 36.5 Å². The van der Waals surface area contributed by atoms with Gasteiger partial charge < -0.3 is 24.2 Å². The molecule has 8 nitrogen and oxygen atoms in total. The fourth-order valence-electron chi connectivity index (χ4n) is 3.67. The number of aryl methyl sites for hydroxylation is 2.